The van der Waals surface area contributed by atoms with E-state index < -0.39 is 11.4 Å². The van der Waals surface area contributed by atoms with E-state index in [4.69, 9.17) is 0 Å². The van der Waals surface area contributed by atoms with Crippen molar-refractivity contribution in [2.45, 2.75) is 26.2 Å². The van der Waals surface area contributed by atoms with Gasteiger partial charge in [0.15, 0.2) is 0 Å². The molecule has 6 nitrogen and oxygen atoms in total. The van der Waals surface area contributed by atoms with Crippen LogP contribution in [0.2, 0.25) is 0 Å². The van der Waals surface area contributed by atoms with Crippen LogP contribution in [0.25, 0.3) is 0 Å². The maximum atomic E-state index is 12.4. The lowest BCUT2D eigenvalue weighted by Crippen LogP contribution is -2.36. The van der Waals surface area contributed by atoms with E-state index in [-0.39, 0.29) is 18.2 Å². The molecule has 0 saturated heterocycles. The number of aliphatic carboxylic acids is 1. The van der Waals surface area contributed by atoms with E-state index in [0.29, 0.717) is 24.2 Å². The van der Waals surface area contributed by atoms with Crippen LogP contribution >= 0.6 is 0 Å². The maximum Gasteiger partial charge on any atom is 0.310 e. The number of amides is 2. The zero-order valence-corrected chi connectivity index (χ0v) is 14.4. The number of benzene rings is 2. The molecule has 1 aliphatic rings. The van der Waals surface area contributed by atoms with E-state index in [1.54, 1.807) is 24.3 Å². The molecular formula is C20H20N2O4. The highest BCUT2D eigenvalue weighted by atomic mass is 16.4. The zero-order chi connectivity index (χ0) is 18.7. The van der Waals surface area contributed by atoms with Crippen molar-refractivity contribution in [3.8, 4) is 0 Å². The van der Waals surface area contributed by atoms with Crippen LogP contribution in [0.1, 0.15) is 24.5 Å². The number of nitrogens with one attached hydrogen (secondary N) is 2. The molecule has 0 bridgehead atoms. The predicted molar refractivity (Wildman–Crippen MR) is 97.9 cm³/mol. The van der Waals surface area contributed by atoms with E-state index >= 15 is 0 Å². The quantitative estimate of drug-likeness (QED) is 0.771. The van der Waals surface area contributed by atoms with Gasteiger partial charge in [0.1, 0.15) is 0 Å². The number of hydrogen-bond acceptors (Lipinski definition) is 3. The topological polar surface area (TPSA) is 95.5 Å². The molecule has 2 amide bonds. The Kier molecular flexibility index (Phi) is 4.75. The molecule has 3 rings (SSSR count). The average molecular weight is 352 g/mol. The first-order chi connectivity index (χ1) is 12.4. The van der Waals surface area contributed by atoms with Gasteiger partial charge in [-0.05, 0) is 48.2 Å². The van der Waals surface area contributed by atoms with Crippen LogP contribution in [-0.4, -0.2) is 22.9 Å². The van der Waals surface area contributed by atoms with Crippen LogP contribution in [0.3, 0.4) is 0 Å². The third-order valence-corrected chi connectivity index (χ3v) is 4.62. The molecule has 0 spiro atoms. The summed E-state index contributed by atoms with van der Waals surface area (Å²) >= 11 is 0. The minimum atomic E-state index is -1.11. The molecule has 134 valence electrons. The fourth-order valence-corrected chi connectivity index (χ4v) is 3.40. The van der Waals surface area contributed by atoms with Gasteiger partial charge in [-0.3, -0.25) is 14.4 Å². The first-order valence-corrected chi connectivity index (χ1v) is 8.36. The SMILES string of the molecule is CC(=O)Nc1ccc(NC(=O)CC2(C(=O)O)Cc3ccccc3C2)cc1. The molecule has 6 heteroatoms. The minimum absolute atomic E-state index is 0.0928. The van der Waals surface area contributed by atoms with Crippen molar-refractivity contribution in [3.05, 3.63) is 59.7 Å². The average Bonchev–Trinajstić information content (AvgIpc) is 2.95. The molecule has 0 atom stereocenters. The molecular weight excluding hydrogens is 332 g/mol. The monoisotopic (exact) mass is 352 g/mol. The van der Waals surface area contributed by atoms with Crippen LogP contribution in [0, 0.1) is 5.41 Å². The van der Waals surface area contributed by atoms with E-state index in [9.17, 15) is 19.5 Å². The van der Waals surface area contributed by atoms with Crippen LogP contribution in [0.5, 0.6) is 0 Å². The summed E-state index contributed by atoms with van der Waals surface area (Å²) in [5.74, 6) is -1.47. The van der Waals surface area contributed by atoms with Gasteiger partial charge in [-0.2, -0.15) is 0 Å². The van der Waals surface area contributed by atoms with Gasteiger partial charge in [0, 0.05) is 24.7 Å². The Balaban J connectivity index is 1.68. The highest BCUT2D eigenvalue weighted by Gasteiger charge is 2.45. The summed E-state index contributed by atoms with van der Waals surface area (Å²) in [6.45, 7) is 1.42. The smallest absolute Gasteiger partial charge is 0.310 e. The van der Waals surface area contributed by atoms with Gasteiger partial charge in [0.05, 0.1) is 5.41 Å². The van der Waals surface area contributed by atoms with Gasteiger partial charge in [0.25, 0.3) is 0 Å². The summed E-state index contributed by atoms with van der Waals surface area (Å²) in [5, 5.41) is 15.1. The summed E-state index contributed by atoms with van der Waals surface area (Å²) in [6, 6.07) is 14.3. The van der Waals surface area contributed by atoms with Gasteiger partial charge in [-0.15, -0.1) is 0 Å². The zero-order valence-electron chi connectivity index (χ0n) is 14.4. The molecule has 0 unspecified atom stereocenters. The summed E-state index contributed by atoms with van der Waals surface area (Å²) < 4.78 is 0. The summed E-state index contributed by atoms with van der Waals surface area (Å²) in [7, 11) is 0. The lowest BCUT2D eigenvalue weighted by atomic mass is 9.81. The fraction of sp³-hybridized carbons (Fsp3) is 0.250. The van der Waals surface area contributed by atoms with Gasteiger partial charge >= 0.3 is 5.97 Å². The Morgan fingerprint density at radius 2 is 1.42 bits per heavy atom. The summed E-state index contributed by atoms with van der Waals surface area (Å²) in [5.41, 5.74) is 2.05. The molecule has 0 saturated carbocycles. The van der Waals surface area contributed by atoms with Crippen molar-refractivity contribution in [2.75, 3.05) is 10.6 Å². The van der Waals surface area contributed by atoms with Crippen molar-refractivity contribution >= 4 is 29.2 Å². The molecule has 0 radical (unpaired) electrons. The Bertz CT molecular complexity index is 833. The predicted octanol–water partition coefficient (Wildman–Crippen LogP) is 2.84. The van der Waals surface area contributed by atoms with Crippen LogP contribution < -0.4 is 10.6 Å². The van der Waals surface area contributed by atoms with Gasteiger partial charge in [-0.25, -0.2) is 0 Å². The second kappa shape index (κ2) is 7.00. The minimum Gasteiger partial charge on any atom is -0.481 e. The number of carboxylic acids is 1. The lowest BCUT2D eigenvalue weighted by molar-refractivity contribution is -0.150. The normalized spacial score (nSPS) is 14.3. The van der Waals surface area contributed by atoms with Crippen molar-refractivity contribution in [1.29, 1.82) is 0 Å². The number of anilines is 2. The number of hydrogen-bond donors (Lipinski definition) is 3. The molecule has 26 heavy (non-hydrogen) atoms. The molecule has 0 aliphatic heterocycles. The van der Waals surface area contributed by atoms with Crippen molar-refractivity contribution in [2.24, 2.45) is 5.41 Å². The van der Waals surface area contributed by atoms with E-state index in [1.165, 1.54) is 6.92 Å². The van der Waals surface area contributed by atoms with E-state index in [1.807, 2.05) is 24.3 Å². The maximum absolute atomic E-state index is 12.4. The molecule has 0 heterocycles. The van der Waals surface area contributed by atoms with Gasteiger partial charge in [0.2, 0.25) is 11.8 Å². The Morgan fingerprint density at radius 1 is 0.923 bits per heavy atom. The number of carboxylic acid groups (broad SMARTS) is 1. The van der Waals surface area contributed by atoms with E-state index in [0.717, 1.165) is 11.1 Å². The molecule has 3 N–H and O–H groups in total. The number of fused-ring (bicyclic) bond motifs is 1. The van der Waals surface area contributed by atoms with Crippen molar-refractivity contribution in [1.82, 2.24) is 0 Å². The third-order valence-electron chi connectivity index (χ3n) is 4.62. The van der Waals surface area contributed by atoms with Crippen LogP contribution in [-0.2, 0) is 27.2 Å². The molecule has 1 aliphatic carbocycles. The second-order valence-corrected chi connectivity index (χ2v) is 6.69. The second-order valence-electron chi connectivity index (χ2n) is 6.69. The van der Waals surface area contributed by atoms with Gasteiger partial charge in [-0.1, -0.05) is 24.3 Å². The number of carbonyl (C=O) groups excluding carboxylic acids is 2. The lowest BCUT2D eigenvalue weighted by Gasteiger charge is -2.23. The van der Waals surface area contributed by atoms with Gasteiger partial charge < -0.3 is 15.7 Å². The fourth-order valence-electron chi connectivity index (χ4n) is 3.40. The van der Waals surface area contributed by atoms with Crippen molar-refractivity contribution in [3.63, 3.8) is 0 Å². The van der Waals surface area contributed by atoms with Crippen LogP contribution in [0.4, 0.5) is 11.4 Å². The first kappa shape index (κ1) is 17.7. The highest BCUT2D eigenvalue weighted by Crippen LogP contribution is 2.40. The number of rotatable bonds is 5. The standard InChI is InChI=1S/C20H20N2O4/c1-13(23)21-16-6-8-17(9-7-16)22-18(24)12-20(19(25)26)10-14-4-2-3-5-15(14)11-20/h2-9H,10-12H2,1H3,(H,21,23)(H,22,24)(H,25,26). The summed E-state index contributed by atoms with van der Waals surface area (Å²) in [6.07, 6.45) is 0.616. The first-order valence-electron chi connectivity index (χ1n) is 8.36. The Hall–Kier alpha value is -3.15. The van der Waals surface area contributed by atoms with Crippen molar-refractivity contribution < 1.29 is 19.5 Å². The van der Waals surface area contributed by atoms with E-state index in [2.05, 4.69) is 10.6 Å². The van der Waals surface area contributed by atoms with Crippen LogP contribution in [0.15, 0.2) is 48.5 Å². The molecule has 2 aromatic carbocycles. The molecule has 0 aromatic heterocycles. The Morgan fingerprint density at radius 3 is 1.88 bits per heavy atom. The number of carbonyl (C=O) groups is 3. The molecule has 2 aromatic rings. The summed E-state index contributed by atoms with van der Waals surface area (Å²) in [4.78, 5) is 35.4. The third kappa shape index (κ3) is 3.74. The highest BCUT2D eigenvalue weighted by molar-refractivity contribution is 5.95. The molecule has 0 fully saturated rings. The largest absolute Gasteiger partial charge is 0.481 e. The Labute approximate surface area is 151 Å².